The van der Waals surface area contributed by atoms with Gasteiger partial charge in [0, 0.05) is 16.6 Å². The summed E-state index contributed by atoms with van der Waals surface area (Å²) in [5.74, 6) is 0. The molecule has 110 valence electrons. The Balaban J connectivity index is 1.90. The minimum absolute atomic E-state index is 0.321. The van der Waals surface area contributed by atoms with Crippen molar-refractivity contribution in [2.45, 2.75) is 4.90 Å². The highest BCUT2D eigenvalue weighted by Crippen LogP contribution is 2.37. The van der Waals surface area contributed by atoms with Crippen LogP contribution >= 0.6 is 0 Å². The minimum atomic E-state index is -3.50. The molecule has 1 aromatic heterocycles. The van der Waals surface area contributed by atoms with Crippen LogP contribution in [-0.2, 0) is 10.0 Å². The molecule has 2 radical (unpaired) electrons. The van der Waals surface area contributed by atoms with Crippen molar-refractivity contribution in [3.8, 4) is 0 Å². The summed E-state index contributed by atoms with van der Waals surface area (Å²) >= 11 is 2.28. The number of pyridine rings is 1. The summed E-state index contributed by atoms with van der Waals surface area (Å²) in [4.78, 5) is 4.91. The van der Waals surface area contributed by atoms with Crippen LogP contribution in [0.3, 0.4) is 0 Å². The summed E-state index contributed by atoms with van der Waals surface area (Å²) in [6.45, 7) is 0. The van der Waals surface area contributed by atoms with Gasteiger partial charge in [-0.1, -0.05) is 42.5 Å². The molecule has 0 fully saturated rings. The first-order chi connectivity index (χ1) is 11.1. The average molecular weight is 334 g/mol. The maximum Gasteiger partial charge on any atom is 0.339 e. The van der Waals surface area contributed by atoms with Crippen molar-refractivity contribution in [3.05, 3.63) is 71.9 Å². The second kappa shape index (κ2) is 5.21. The number of rotatable bonds is 1. The van der Waals surface area contributed by atoms with Crippen LogP contribution in [0.25, 0.3) is 22.7 Å². The number of hydrogen-bond acceptors (Lipinski definition) is 3. The summed E-state index contributed by atoms with van der Waals surface area (Å²) < 4.78 is 26.1. The van der Waals surface area contributed by atoms with Crippen LogP contribution in [0, 0.1) is 0 Å². The van der Waals surface area contributed by atoms with Crippen molar-refractivity contribution in [2.75, 3.05) is 0 Å². The second-order valence-corrected chi connectivity index (χ2v) is 7.93. The quantitative estimate of drug-likeness (QED) is 0.643. The highest BCUT2D eigenvalue weighted by molar-refractivity contribution is 7.90. The Labute approximate surface area is 142 Å². The van der Waals surface area contributed by atoms with Crippen molar-refractivity contribution in [1.29, 1.82) is 0 Å². The normalized spacial score (nSPS) is 17.6. The molecule has 1 aliphatic rings. The van der Waals surface area contributed by atoms with Crippen LogP contribution in [0.5, 0.6) is 0 Å². The lowest BCUT2D eigenvalue weighted by Gasteiger charge is -2.15. The van der Waals surface area contributed by atoms with Crippen LogP contribution in [-0.4, -0.2) is 33.2 Å². The second-order valence-electron chi connectivity index (χ2n) is 5.26. The van der Waals surface area contributed by atoms with Gasteiger partial charge in [0.2, 0.25) is 10.0 Å². The van der Waals surface area contributed by atoms with E-state index >= 15 is 0 Å². The third-order valence-electron chi connectivity index (χ3n) is 3.84. The van der Waals surface area contributed by atoms with Gasteiger partial charge in [-0.15, -0.1) is 0 Å². The van der Waals surface area contributed by atoms with Gasteiger partial charge >= 0.3 is 16.5 Å². The molecule has 23 heavy (non-hydrogen) atoms. The maximum atomic E-state index is 12.4. The summed E-state index contributed by atoms with van der Waals surface area (Å²) in [5, 5.41) is 1.05. The van der Waals surface area contributed by atoms with E-state index in [2.05, 4.69) is 21.5 Å². The lowest BCUT2D eigenvalue weighted by molar-refractivity contribution is 0.578. The molecule has 6 heteroatoms. The zero-order valence-corrected chi connectivity index (χ0v) is 14.0. The smallest absolute Gasteiger partial charge is 0.339 e. The molecule has 2 aromatic carbocycles. The van der Waals surface area contributed by atoms with Gasteiger partial charge in [-0.2, -0.15) is 0 Å². The van der Waals surface area contributed by atoms with Gasteiger partial charge in [0.25, 0.3) is 0 Å². The molecular formula is C17H11AlN2O2S. The van der Waals surface area contributed by atoms with Crippen molar-refractivity contribution >= 4 is 49.2 Å². The summed E-state index contributed by atoms with van der Waals surface area (Å²) in [6, 6.07) is 18.7. The zero-order valence-electron chi connectivity index (χ0n) is 12.0. The third-order valence-corrected chi connectivity index (χ3v) is 6.58. The Kier molecular flexibility index (Phi) is 3.27. The molecule has 3 aromatic rings. The fourth-order valence-electron chi connectivity index (χ4n) is 2.70. The molecule has 0 saturated heterocycles. The number of fused-ring (bicyclic) bond motifs is 2. The van der Waals surface area contributed by atoms with Crippen LogP contribution in [0.15, 0.2) is 65.6 Å². The molecule has 1 aliphatic heterocycles. The lowest BCUT2D eigenvalue weighted by atomic mass is 10.1. The molecule has 0 unspecified atom stereocenters. The van der Waals surface area contributed by atoms with Crippen LogP contribution < -0.4 is 0 Å². The maximum absolute atomic E-state index is 12.4. The van der Waals surface area contributed by atoms with Crippen molar-refractivity contribution in [3.63, 3.8) is 0 Å². The molecule has 0 spiro atoms. The molecule has 4 nitrogen and oxygen atoms in total. The average Bonchev–Trinajstić information content (AvgIpc) is 2.76. The van der Waals surface area contributed by atoms with E-state index in [1.807, 2.05) is 48.5 Å². The van der Waals surface area contributed by atoms with Crippen LogP contribution in [0.4, 0.5) is 0 Å². The summed E-state index contributed by atoms with van der Waals surface area (Å²) in [5.41, 5.74) is 2.90. The Morgan fingerprint density at radius 1 is 0.957 bits per heavy atom. The minimum Gasteiger partial charge on any atom is -0.381 e. The number of hydrogen-bond donors (Lipinski definition) is 0. The molecular weight excluding hydrogens is 323 g/mol. The van der Waals surface area contributed by atoms with Crippen LogP contribution in [0.2, 0.25) is 0 Å². The summed E-state index contributed by atoms with van der Waals surface area (Å²) in [6.07, 6.45) is 1.79. The van der Waals surface area contributed by atoms with Gasteiger partial charge in [0.1, 0.15) is 0 Å². The SMILES string of the molecule is O=S1(=O)c2ccccc2/C(=C/c2ccc3ccccc3n2)[N]1[Al]. The van der Waals surface area contributed by atoms with Crippen LogP contribution in [0.1, 0.15) is 11.3 Å². The van der Waals surface area contributed by atoms with E-state index in [1.165, 1.54) is 3.29 Å². The van der Waals surface area contributed by atoms with Crippen molar-refractivity contribution in [2.24, 2.45) is 0 Å². The molecule has 2 heterocycles. The molecule has 0 bridgehead atoms. The highest BCUT2D eigenvalue weighted by atomic mass is 32.2. The number of benzene rings is 2. The van der Waals surface area contributed by atoms with Gasteiger partial charge in [-0.05, 0) is 24.3 Å². The first-order valence-corrected chi connectivity index (χ1v) is 9.00. The Morgan fingerprint density at radius 2 is 1.70 bits per heavy atom. The first-order valence-electron chi connectivity index (χ1n) is 7.04. The Bertz CT molecular complexity index is 1060. The monoisotopic (exact) mass is 334 g/mol. The summed E-state index contributed by atoms with van der Waals surface area (Å²) in [7, 11) is -3.50. The topological polar surface area (TPSA) is 50.3 Å². The van der Waals surface area contributed by atoms with E-state index in [1.54, 1.807) is 18.2 Å². The number of sulfonamides is 1. The largest absolute Gasteiger partial charge is 0.381 e. The Hall–Kier alpha value is -2.13. The van der Waals surface area contributed by atoms with E-state index in [0.29, 0.717) is 16.2 Å². The standard InChI is InChI=1S/C17H11N2O2S.Al/c20-22(21)17-8-4-2-6-14(17)16(19-22)11-13-10-9-12-5-1-3-7-15(12)18-13;/h1-11H;/q-1;+1/b16-11-;. The van der Waals surface area contributed by atoms with Gasteiger partial charge < -0.3 is 3.29 Å². The molecule has 4 rings (SSSR count). The predicted molar refractivity (Wildman–Crippen MR) is 90.8 cm³/mol. The molecule has 0 atom stereocenters. The molecule has 0 saturated carbocycles. The van der Waals surface area contributed by atoms with E-state index in [-0.39, 0.29) is 0 Å². The van der Waals surface area contributed by atoms with Gasteiger partial charge in [0.05, 0.1) is 16.1 Å². The number of nitrogens with zero attached hydrogens (tertiary/aromatic N) is 2. The predicted octanol–water partition coefficient (Wildman–Crippen LogP) is 2.82. The van der Waals surface area contributed by atoms with Gasteiger partial charge in [-0.3, -0.25) is 0 Å². The van der Waals surface area contributed by atoms with Gasteiger partial charge in [-0.25, -0.2) is 13.4 Å². The lowest BCUT2D eigenvalue weighted by Crippen LogP contribution is -2.19. The van der Waals surface area contributed by atoms with Crippen molar-refractivity contribution < 1.29 is 8.42 Å². The number of aromatic nitrogens is 1. The van der Waals surface area contributed by atoms with E-state index < -0.39 is 10.0 Å². The molecule has 0 amide bonds. The third kappa shape index (κ3) is 2.27. The fourth-order valence-corrected chi connectivity index (χ4v) is 4.58. The van der Waals surface area contributed by atoms with Gasteiger partial charge in [0.15, 0.2) is 0 Å². The number of para-hydroxylation sites is 1. The fraction of sp³-hybridized carbons (Fsp3) is 0. The highest BCUT2D eigenvalue weighted by Gasteiger charge is 2.33. The first kappa shape index (κ1) is 14.5. The zero-order chi connectivity index (χ0) is 16.0. The molecule has 0 aliphatic carbocycles. The Morgan fingerprint density at radius 3 is 2.57 bits per heavy atom. The van der Waals surface area contributed by atoms with E-state index in [9.17, 15) is 8.42 Å². The molecule has 0 N–H and O–H groups in total. The van der Waals surface area contributed by atoms with E-state index in [0.717, 1.165) is 16.6 Å². The van der Waals surface area contributed by atoms with E-state index in [4.69, 9.17) is 0 Å². The van der Waals surface area contributed by atoms with Crippen molar-refractivity contribution in [1.82, 2.24) is 8.27 Å².